The Balaban J connectivity index is 0.000000145. The van der Waals surface area contributed by atoms with E-state index in [-0.39, 0.29) is 0 Å². The minimum Gasteiger partial charge on any atom is -0.109 e. The summed E-state index contributed by atoms with van der Waals surface area (Å²) < 4.78 is 0. The topological polar surface area (TPSA) is 61.8 Å². The van der Waals surface area contributed by atoms with Gasteiger partial charge in [0.1, 0.15) is 11.1 Å². The van der Waals surface area contributed by atoms with Crippen molar-refractivity contribution in [3.8, 4) is 0 Å². The molecule has 0 radical (unpaired) electrons. The molecule has 0 saturated carbocycles. The Morgan fingerprint density at radius 3 is 2.25 bits per heavy atom. The van der Waals surface area contributed by atoms with E-state index in [1.54, 1.807) is 8.20 Å². The lowest BCUT2D eigenvalue weighted by atomic mass is 10.4. The van der Waals surface area contributed by atoms with E-state index >= 15 is 0 Å². The Kier molecular flexibility index (Phi) is 6.06. The highest BCUT2D eigenvalue weighted by Crippen LogP contribution is 2.07. The van der Waals surface area contributed by atoms with Crippen LogP contribution in [-0.4, -0.2) is 12.0 Å². The average Bonchev–Trinajstić information content (AvgIpc) is 2.17. The van der Waals surface area contributed by atoms with Crippen LogP contribution in [0.3, 0.4) is 0 Å². The van der Waals surface area contributed by atoms with E-state index in [0.29, 0.717) is 0 Å². The van der Waals surface area contributed by atoms with Gasteiger partial charge in [0.25, 0.3) is 0 Å². The largest absolute Gasteiger partial charge is 0.211 e. The molecule has 1 heterocycles. The van der Waals surface area contributed by atoms with Crippen molar-refractivity contribution in [3.63, 3.8) is 0 Å². The van der Waals surface area contributed by atoms with Crippen LogP contribution in [0.15, 0.2) is 0 Å². The van der Waals surface area contributed by atoms with Gasteiger partial charge in [0.15, 0.2) is 0 Å². The summed E-state index contributed by atoms with van der Waals surface area (Å²) in [6.07, 6.45) is 4.21. The van der Waals surface area contributed by atoms with Crippen LogP contribution in [0.5, 0.6) is 0 Å². The first-order chi connectivity index (χ1) is 3.91. The van der Waals surface area contributed by atoms with Gasteiger partial charge in [-0.15, -0.1) is 8.20 Å². The van der Waals surface area contributed by atoms with Crippen LogP contribution in [-0.2, 0) is 0 Å². The Morgan fingerprint density at radius 2 is 2.12 bits per heavy atom. The molecule has 1 aliphatic rings. The van der Waals surface area contributed by atoms with Crippen LogP contribution in [0.25, 0.3) is 0 Å². The normalized spacial score (nSPS) is 16.0. The van der Waals surface area contributed by atoms with Crippen LogP contribution >= 0.6 is 8.20 Å². The first kappa shape index (κ1) is 7.48. The smallest absolute Gasteiger partial charge is 0.109 e. The summed E-state index contributed by atoms with van der Waals surface area (Å²) in [6, 6.07) is 0. The summed E-state index contributed by atoms with van der Waals surface area (Å²) in [7, 11) is 1.57. The molecule has 0 aromatic heterocycles. The van der Waals surface area contributed by atoms with Crippen molar-refractivity contribution >= 4 is 14.0 Å². The maximum atomic E-state index is 5.50. The molecule has 0 spiro atoms. The lowest BCUT2D eigenvalue weighted by Gasteiger charge is -1.68. The summed E-state index contributed by atoms with van der Waals surface area (Å²) in [5.74, 6) is 2.33. The van der Waals surface area contributed by atoms with Crippen LogP contribution in [0.2, 0.25) is 0 Å². The molecule has 2 N–H and O–H groups in total. The van der Waals surface area contributed by atoms with Gasteiger partial charge in [-0.25, -0.2) is 0 Å². The van der Waals surface area contributed by atoms with Crippen LogP contribution < -0.4 is 4.91 Å². The van der Waals surface area contributed by atoms with Gasteiger partial charge in [0, 0.05) is 0 Å². The highest BCUT2D eigenvalue weighted by Gasteiger charge is 1.85. The van der Waals surface area contributed by atoms with Crippen molar-refractivity contribution in [2.45, 2.75) is 12.8 Å². The number of rotatable bonds is 0. The Labute approximate surface area is 49.9 Å². The van der Waals surface area contributed by atoms with E-state index in [9.17, 15) is 0 Å². The van der Waals surface area contributed by atoms with E-state index in [4.69, 9.17) is 11.1 Å². The zero-order valence-corrected chi connectivity index (χ0v) is 5.49. The molecule has 44 valence electrons. The number of hydrogen-bond donors (Lipinski definition) is 2. The van der Waals surface area contributed by atoms with Gasteiger partial charge in [0.05, 0.1) is 0 Å². The van der Waals surface area contributed by atoms with Crippen molar-refractivity contribution in [2.24, 2.45) is 0 Å². The molecule has 1 aliphatic heterocycles. The molecular weight excluding hydrogens is 121 g/mol. The Hall–Kier alpha value is -0.520. The molecule has 0 amide bonds. The lowest BCUT2D eigenvalue weighted by Crippen LogP contribution is -1.60. The first-order valence-electron chi connectivity index (χ1n) is 2.43. The fourth-order valence-electron chi connectivity index (χ4n) is 0.456. The van der Waals surface area contributed by atoms with Gasteiger partial charge in [-0.05, 0) is 19.0 Å². The maximum Gasteiger partial charge on any atom is 0.211 e. The van der Waals surface area contributed by atoms with E-state index in [1.165, 1.54) is 19.0 Å². The second-order valence-corrected chi connectivity index (χ2v) is 2.52. The van der Waals surface area contributed by atoms with Gasteiger partial charge >= 0.3 is 0 Å². The third-order valence-corrected chi connectivity index (χ3v) is 1.84. The van der Waals surface area contributed by atoms with Crippen LogP contribution in [0.4, 0.5) is 0 Å². The lowest BCUT2D eigenvalue weighted by molar-refractivity contribution is 0.928. The predicted molar refractivity (Wildman–Crippen MR) is 34.7 cm³/mol. The summed E-state index contributed by atoms with van der Waals surface area (Å²) in [6.45, 7) is 0. The second-order valence-electron chi connectivity index (χ2n) is 1.34. The molecule has 0 aromatic carbocycles. The molecule has 3 nitrogen and oxygen atoms in total. The molecular formula is C4H9N3P+. The zero-order chi connectivity index (χ0) is 6.24. The van der Waals surface area contributed by atoms with Gasteiger partial charge in [-0.1, -0.05) is 5.80 Å². The monoisotopic (exact) mass is 130 g/mol. The highest BCUT2D eigenvalue weighted by molar-refractivity contribution is 7.38. The molecule has 4 heteroatoms. The predicted octanol–water partition coefficient (Wildman–Crippen LogP) is 1.64. The van der Waals surface area contributed by atoms with Crippen molar-refractivity contribution < 1.29 is 0 Å². The van der Waals surface area contributed by atoms with Crippen LogP contribution in [0.1, 0.15) is 12.8 Å². The summed E-state index contributed by atoms with van der Waals surface area (Å²) >= 11 is 0. The third kappa shape index (κ3) is 5.48. The molecule has 0 aromatic rings. The van der Waals surface area contributed by atoms with Gasteiger partial charge in [-0.3, -0.25) is 0 Å². The molecule has 0 bridgehead atoms. The van der Waals surface area contributed by atoms with E-state index in [0.717, 1.165) is 0 Å². The zero-order valence-electron chi connectivity index (χ0n) is 4.59. The van der Waals surface area contributed by atoms with E-state index < -0.39 is 0 Å². The summed E-state index contributed by atoms with van der Waals surface area (Å²) in [5, 5.41) is 0. The summed E-state index contributed by atoms with van der Waals surface area (Å²) in [4.78, 5) is 2.00. The quantitative estimate of drug-likeness (QED) is 0.284. The molecule has 1 rings (SSSR count). The van der Waals surface area contributed by atoms with Gasteiger partial charge < -0.3 is 0 Å². The number of hydrogen-bond acceptors (Lipinski definition) is 2. The average molecular weight is 130 g/mol. The minimum atomic E-state index is 1.36. The molecule has 0 aliphatic carbocycles. The second kappa shape index (κ2) is 6.48. The standard InChI is InChI=1S/C4H7P.H2N3/c1-2-4-5-3-1;1-3-2/h3H,1-2,4H2;1-2H/q;+1. The molecule has 0 unspecified atom stereocenters. The molecule has 8 heavy (non-hydrogen) atoms. The minimum absolute atomic E-state index is 1.36. The van der Waals surface area contributed by atoms with Crippen molar-refractivity contribution in [1.82, 2.24) is 4.91 Å². The highest BCUT2D eigenvalue weighted by atomic mass is 31.1. The number of nitrogens with one attached hydrogen (secondary N) is 2. The Morgan fingerprint density at radius 1 is 1.50 bits per heavy atom. The fourth-order valence-corrected chi connectivity index (χ4v) is 1.37. The van der Waals surface area contributed by atoms with E-state index in [1.807, 2.05) is 4.91 Å². The van der Waals surface area contributed by atoms with Crippen molar-refractivity contribution in [2.75, 3.05) is 6.16 Å². The van der Waals surface area contributed by atoms with E-state index in [2.05, 4.69) is 5.80 Å². The number of nitrogens with zero attached hydrogens (tertiary/aromatic N) is 1. The molecule has 0 atom stereocenters. The first-order valence-corrected chi connectivity index (χ1v) is 3.58. The SMILES string of the molecule is C1=PCCC1.N=[N+]=N. The van der Waals surface area contributed by atoms with Gasteiger partial charge in [-0.2, -0.15) is 0 Å². The van der Waals surface area contributed by atoms with Crippen LogP contribution in [0, 0.1) is 11.1 Å². The van der Waals surface area contributed by atoms with Crippen molar-refractivity contribution in [3.05, 3.63) is 0 Å². The Bertz CT molecular complexity index is 97.9. The summed E-state index contributed by atoms with van der Waals surface area (Å²) in [5.41, 5.74) is 11.0. The third-order valence-electron chi connectivity index (χ3n) is 0.750. The molecule has 0 fully saturated rings. The molecule has 0 saturated heterocycles. The fraction of sp³-hybridized carbons (Fsp3) is 0.750. The maximum absolute atomic E-state index is 5.50. The van der Waals surface area contributed by atoms with Gasteiger partial charge in [0.2, 0.25) is 4.91 Å². The van der Waals surface area contributed by atoms with Crippen molar-refractivity contribution in [1.29, 1.82) is 11.1 Å².